The molecule has 1 atom stereocenters. The summed E-state index contributed by atoms with van der Waals surface area (Å²) in [6.07, 6.45) is 4.35. The van der Waals surface area contributed by atoms with Gasteiger partial charge in [-0.1, -0.05) is 36.4 Å². The largest absolute Gasteiger partial charge is 0.496 e. The molecule has 1 aliphatic heterocycles. The van der Waals surface area contributed by atoms with Crippen molar-refractivity contribution in [1.29, 1.82) is 0 Å². The molecule has 142 valence electrons. The van der Waals surface area contributed by atoms with Crippen LogP contribution >= 0.6 is 0 Å². The van der Waals surface area contributed by atoms with Gasteiger partial charge in [0.1, 0.15) is 5.75 Å². The number of Topliss-reactive ketones (excluding diaryl/α,β-unsaturated/α-hetero) is 1. The van der Waals surface area contributed by atoms with E-state index in [2.05, 4.69) is 48.2 Å². The number of carbonyl (C=O) groups is 1. The van der Waals surface area contributed by atoms with Crippen molar-refractivity contribution in [3.63, 3.8) is 0 Å². The van der Waals surface area contributed by atoms with Gasteiger partial charge in [-0.3, -0.25) is 9.69 Å². The lowest BCUT2D eigenvalue weighted by Crippen LogP contribution is -2.34. The first-order valence-electron chi connectivity index (χ1n) is 10.1. The predicted molar refractivity (Wildman–Crippen MR) is 108 cm³/mol. The minimum atomic E-state index is 0.164. The van der Waals surface area contributed by atoms with Crippen molar-refractivity contribution < 1.29 is 9.53 Å². The smallest absolute Gasteiger partial charge is 0.166 e. The average molecular weight is 364 g/mol. The Morgan fingerprint density at radius 3 is 2.56 bits per heavy atom. The summed E-state index contributed by atoms with van der Waals surface area (Å²) in [6, 6.07) is 14.8. The standard InChI is InChI=1S/C24H29NO2/c1-17-12-20-14-21(24(26)22(20)15-23(17)27-2)13-18-8-10-25(11-9-18)16-19-6-4-3-5-7-19/h3-7,12,15,18,21H,8-11,13-14,16H2,1-2H3. The first-order chi connectivity index (χ1) is 13.1. The van der Waals surface area contributed by atoms with Crippen LogP contribution in [0.1, 0.15) is 46.3 Å². The van der Waals surface area contributed by atoms with Gasteiger partial charge in [0.2, 0.25) is 0 Å². The summed E-state index contributed by atoms with van der Waals surface area (Å²) < 4.78 is 5.41. The van der Waals surface area contributed by atoms with Crippen LogP contribution in [0.5, 0.6) is 5.75 Å². The Balaban J connectivity index is 1.32. The van der Waals surface area contributed by atoms with Crippen LogP contribution in [0.2, 0.25) is 0 Å². The van der Waals surface area contributed by atoms with E-state index in [0.717, 1.165) is 49.4 Å². The van der Waals surface area contributed by atoms with Gasteiger partial charge in [0.25, 0.3) is 0 Å². The molecule has 0 radical (unpaired) electrons. The van der Waals surface area contributed by atoms with Gasteiger partial charge < -0.3 is 4.74 Å². The molecule has 4 rings (SSSR count). The van der Waals surface area contributed by atoms with Crippen LogP contribution in [0, 0.1) is 18.8 Å². The molecule has 1 aliphatic carbocycles. The minimum absolute atomic E-state index is 0.164. The number of benzene rings is 2. The molecule has 1 unspecified atom stereocenters. The predicted octanol–water partition coefficient (Wildman–Crippen LogP) is 4.66. The lowest BCUT2D eigenvalue weighted by Gasteiger charge is -2.32. The summed E-state index contributed by atoms with van der Waals surface area (Å²) in [6.45, 7) is 5.38. The van der Waals surface area contributed by atoms with Crippen LogP contribution in [0.25, 0.3) is 0 Å². The van der Waals surface area contributed by atoms with Crippen molar-refractivity contribution in [3.05, 3.63) is 64.7 Å². The zero-order chi connectivity index (χ0) is 18.8. The molecule has 0 saturated carbocycles. The van der Waals surface area contributed by atoms with E-state index in [0.29, 0.717) is 11.7 Å². The fourth-order valence-electron chi connectivity index (χ4n) is 4.76. The van der Waals surface area contributed by atoms with Crippen molar-refractivity contribution in [3.8, 4) is 5.75 Å². The van der Waals surface area contributed by atoms with Gasteiger partial charge in [-0.05, 0) is 74.4 Å². The molecule has 0 amide bonds. The highest BCUT2D eigenvalue weighted by molar-refractivity contribution is 6.02. The van der Waals surface area contributed by atoms with E-state index in [1.165, 1.54) is 24.0 Å². The number of hydrogen-bond donors (Lipinski definition) is 0. The molecule has 0 bridgehead atoms. The maximum Gasteiger partial charge on any atom is 0.166 e. The maximum absolute atomic E-state index is 12.9. The number of aryl methyl sites for hydroxylation is 1. The number of ether oxygens (including phenoxy) is 1. The topological polar surface area (TPSA) is 29.5 Å². The summed E-state index contributed by atoms with van der Waals surface area (Å²) in [5.74, 6) is 1.99. The Kier molecular flexibility index (Phi) is 5.31. The first kappa shape index (κ1) is 18.2. The second-order valence-electron chi connectivity index (χ2n) is 8.19. The van der Waals surface area contributed by atoms with Gasteiger partial charge >= 0.3 is 0 Å². The van der Waals surface area contributed by atoms with Crippen LogP contribution in [0.3, 0.4) is 0 Å². The van der Waals surface area contributed by atoms with Crippen molar-refractivity contribution in [2.75, 3.05) is 20.2 Å². The summed E-state index contributed by atoms with van der Waals surface area (Å²) in [7, 11) is 1.68. The molecule has 3 heteroatoms. The Morgan fingerprint density at radius 2 is 1.85 bits per heavy atom. The molecule has 2 aromatic carbocycles. The number of fused-ring (bicyclic) bond motifs is 1. The third kappa shape index (κ3) is 3.93. The monoisotopic (exact) mass is 363 g/mol. The van der Waals surface area contributed by atoms with E-state index in [-0.39, 0.29) is 5.92 Å². The SMILES string of the molecule is COc1cc2c(cc1C)CC(CC1CCN(Cc3ccccc3)CC1)C2=O. The number of hydrogen-bond acceptors (Lipinski definition) is 3. The van der Waals surface area contributed by atoms with E-state index < -0.39 is 0 Å². The summed E-state index contributed by atoms with van der Waals surface area (Å²) in [5.41, 5.74) is 4.62. The van der Waals surface area contributed by atoms with Crippen LogP contribution in [0.4, 0.5) is 0 Å². The molecule has 1 heterocycles. The highest BCUT2D eigenvalue weighted by Crippen LogP contribution is 2.36. The molecule has 0 aromatic heterocycles. The number of nitrogens with zero attached hydrogens (tertiary/aromatic N) is 1. The molecule has 1 fully saturated rings. The maximum atomic E-state index is 12.9. The summed E-state index contributed by atoms with van der Waals surface area (Å²) >= 11 is 0. The third-order valence-electron chi connectivity index (χ3n) is 6.30. The van der Waals surface area contributed by atoms with E-state index in [1.807, 2.05) is 6.07 Å². The zero-order valence-corrected chi connectivity index (χ0v) is 16.4. The van der Waals surface area contributed by atoms with Crippen molar-refractivity contribution in [1.82, 2.24) is 4.90 Å². The van der Waals surface area contributed by atoms with Crippen molar-refractivity contribution >= 4 is 5.78 Å². The number of ketones is 1. The molecule has 27 heavy (non-hydrogen) atoms. The van der Waals surface area contributed by atoms with E-state index in [1.54, 1.807) is 7.11 Å². The molecule has 0 spiro atoms. The van der Waals surface area contributed by atoms with Crippen LogP contribution < -0.4 is 4.74 Å². The molecule has 2 aliphatic rings. The van der Waals surface area contributed by atoms with Gasteiger partial charge in [-0.15, -0.1) is 0 Å². The normalized spacial score (nSPS) is 20.7. The van der Waals surface area contributed by atoms with Gasteiger partial charge in [-0.2, -0.15) is 0 Å². The fourth-order valence-corrected chi connectivity index (χ4v) is 4.76. The first-order valence-corrected chi connectivity index (χ1v) is 10.1. The van der Waals surface area contributed by atoms with Gasteiger partial charge in [-0.25, -0.2) is 0 Å². The zero-order valence-electron chi connectivity index (χ0n) is 16.4. The van der Waals surface area contributed by atoms with E-state index >= 15 is 0 Å². The molecule has 1 saturated heterocycles. The number of methoxy groups -OCH3 is 1. The third-order valence-corrected chi connectivity index (χ3v) is 6.30. The average Bonchev–Trinajstić information content (AvgIpc) is 2.98. The summed E-state index contributed by atoms with van der Waals surface area (Å²) in [5, 5.41) is 0. The Hall–Kier alpha value is -2.13. The Labute approximate surface area is 162 Å². The van der Waals surface area contributed by atoms with Gasteiger partial charge in [0.05, 0.1) is 7.11 Å². The number of carbonyl (C=O) groups excluding carboxylic acids is 1. The molecule has 3 nitrogen and oxygen atoms in total. The lowest BCUT2D eigenvalue weighted by atomic mass is 9.85. The molecular weight excluding hydrogens is 334 g/mol. The molecule has 0 N–H and O–H groups in total. The lowest BCUT2D eigenvalue weighted by molar-refractivity contribution is 0.0895. The quantitative estimate of drug-likeness (QED) is 0.774. The number of rotatable bonds is 5. The van der Waals surface area contributed by atoms with E-state index in [9.17, 15) is 4.79 Å². The molecule has 2 aromatic rings. The number of likely N-dealkylation sites (tertiary alicyclic amines) is 1. The second-order valence-corrected chi connectivity index (χ2v) is 8.19. The van der Waals surface area contributed by atoms with Crippen LogP contribution in [0.15, 0.2) is 42.5 Å². The van der Waals surface area contributed by atoms with Crippen molar-refractivity contribution in [2.24, 2.45) is 11.8 Å². The second kappa shape index (κ2) is 7.85. The Bertz CT molecular complexity index is 807. The number of piperidine rings is 1. The van der Waals surface area contributed by atoms with Gasteiger partial charge in [0, 0.05) is 18.0 Å². The molecular formula is C24H29NO2. The highest BCUT2D eigenvalue weighted by atomic mass is 16.5. The fraction of sp³-hybridized carbons (Fsp3) is 0.458. The van der Waals surface area contributed by atoms with E-state index in [4.69, 9.17) is 4.74 Å². The Morgan fingerprint density at radius 1 is 1.11 bits per heavy atom. The van der Waals surface area contributed by atoms with Crippen molar-refractivity contribution in [2.45, 2.75) is 39.2 Å². The summed E-state index contributed by atoms with van der Waals surface area (Å²) in [4.78, 5) is 15.4. The minimum Gasteiger partial charge on any atom is -0.496 e. The highest BCUT2D eigenvalue weighted by Gasteiger charge is 2.34. The van der Waals surface area contributed by atoms with Crippen LogP contribution in [-0.4, -0.2) is 30.9 Å². The van der Waals surface area contributed by atoms with Gasteiger partial charge in [0.15, 0.2) is 5.78 Å². The van der Waals surface area contributed by atoms with Crippen LogP contribution in [-0.2, 0) is 13.0 Å².